The summed E-state index contributed by atoms with van der Waals surface area (Å²) in [7, 11) is 0. The molecule has 0 radical (unpaired) electrons. The monoisotopic (exact) mass is 162 g/mol. The SMILES string of the molecule is C=C1C=Nc2c1nc(N)[nH]c2=O. The summed E-state index contributed by atoms with van der Waals surface area (Å²) in [4.78, 5) is 21.2. The lowest BCUT2D eigenvalue weighted by Gasteiger charge is -1.96. The number of nitrogens with zero attached hydrogens (tertiary/aromatic N) is 2. The first-order chi connectivity index (χ1) is 5.68. The number of aliphatic imine (C=N–C) groups is 1. The zero-order valence-corrected chi connectivity index (χ0v) is 6.16. The van der Waals surface area contributed by atoms with Crippen molar-refractivity contribution in [3.8, 4) is 0 Å². The lowest BCUT2D eigenvalue weighted by atomic mass is 10.2. The molecule has 5 heteroatoms. The number of rotatable bonds is 0. The molecule has 60 valence electrons. The molecule has 0 amide bonds. The number of anilines is 1. The molecule has 1 aromatic rings. The highest BCUT2D eigenvalue weighted by molar-refractivity contribution is 6.14. The van der Waals surface area contributed by atoms with Crippen LogP contribution in [0.15, 0.2) is 16.4 Å². The molecule has 0 saturated carbocycles. The fraction of sp³-hybridized carbons (Fsp3) is 0. The van der Waals surface area contributed by atoms with Gasteiger partial charge in [-0.05, 0) is 0 Å². The van der Waals surface area contributed by atoms with Gasteiger partial charge in [0.2, 0.25) is 5.95 Å². The first-order valence-corrected chi connectivity index (χ1v) is 3.31. The van der Waals surface area contributed by atoms with Crippen LogP contribution in [0, 0.1) is 0 Å². The maximum absolute atomic E-state index is 11.1. The molecule has 12 heavy (non-hydrogen) atoms. The van der Waals surface area contributed by atoms with E-state index in [0.717, 1.165) is 0 Å². The summed E-state index contributed by atoms with van der Waals surface area (Å²) in [5, 5.41) is 0. The number of aromatic amines is 1. The minimum Gasteiger partial charge on any atom is -0.369 e. The first kappa shape index (κ1) is 6.78. The second-order valence-electron chi connectivity index (χ2n) is 2.43. The molecule has 1 aliphatic rings. The second-order valence-corrected chi connectivity index (χ2v) is 2.43. The lowest BCUT2D eigenvalue weighted by molar-refractivity contribution is 1.12. The predicted molar refractivity (Wildman–Crippen MR) is 46.5 cm³/mol. The number of nitrogens with one attached hydrogen (secondary N) is 1. The number of allylic oxidation sites excluding steroid dienone is 1. The summed E-state index contributed by atoms with van der Waals surface area (Å²) >= 11 is 0. The van der Waals surface area contributed by atoms with Crippen LogP contribution in [0.1, 0.15) is 5.69 Å². The molecule has 0 fully saturated rings. The third-order valence-electron chi connectivity index (χ3n) is 1.57. The topological polar surface area (TPSA) is 84.1 Å². The van der Waals surface area contributed by atoms with Crippen molar-refractivity contribution in [1.29, 1.82) is 0 Å². The van der Waals surface area contributed by atoms with Crippen molar-refractivity contribution in [2.75, 3.05) is 5.73 Å². The minimum absolute atomic E-state index is 0.0883. The molecule has 2 heterocycles. The molecule has 0 saturated heterocycles. The number of H-pyrrole nitrogens is 1. The number of nitrogens with two attached hydrogens (primary N) is 1. The van der Waals surface area contributed by atoms with E-state index in [0.29, 0.717) is 11.3 Å². The van der Waals surface area contributed by atoms with Crippen molar-refractivity contribution in [2.45, 2.75) is 0 Å². The average Bonchev–Trinajstić information content (AvgIpc) is 2.33. The number of nitrogen functional groups attached to an aromatic ring is 1. The Balaban J connectivity index is 2.83. The van der Waals surface area contributed by atoms with Gasteiger partial charge in [0.1, 0.15) is 5.69 Å². The first-order valence-electron chi connectivity index (χ1n) is 3.31. The predicted octanol–water partition coefficient (Wildman–Crippen LogP) is 0.0812. The van der Waals surface area contributed by atoms with Crippen LogP contribution in [0.2, 0.25) is 0 Å². The molecular formula is C7H6N4O. The van der Waals surface area contributed by atoms with E-state index in [1.807, 2.05) is 0 Å². The molecule has 2 rings (SSSR count). The molecule has 5 nitrogen and oxygen atoms in total. The molecule has 1 aromatic heterocycles. The van der Waals surface area contributed by atoms with Crippen molar-refractivity contribution in [2.24, 2.45) is 4.99 Å². The lowest BCUT2D eigenvalue weighted by Crippen LogP contribution is -2.11. The summed E-state index contributed by atoms with van der Waals surface area (Å²) in [6.07, 6.45) is 1.49. The summed E-state index contributed by atoms with van der Waals surface area (Å²) in [6.45, 7) is 3.66. The van der Waals surface area contributed by atoms with Crippen molar-refractivity contribution < 1.29 is 0 Å². The number of fused-ring (bicyclic) bond motifs is 1. The Morgan fingerprint density at radius 3 is 3.08 bits per heavy atom. The summed E-state index contributed by atoms with van der Waals surface area (Å²) < 4.78 is 0. The van der Waals surface area contributed by atoms with Gasteiger partial charge in [0, 0.05) is 11.8 Å². The highest BCUT2D eigenvalue weighted by atomic mass is 16.1. The molecular weight excluding hydrogens is 156 g/mol. The third-order valence-corrected chi connectivity index (χ3v) is 1.57. The van der Waals surface area contributed by atoms with E-state index in [1.54, 1.807) is 0 Å². The minimum atomic E-state index is -0.326. The van der Waals surface area contributed by atoms with Gasteiger partial charge in [0.15, 0.2) is 5.69 Å². The molecule has 3 N–H and O–H groups in total. The molecule has 0 bridgehead atoms. The fourth-order valence-corrected chi connectivity index (χ4v) is 1.03. The molecule has 0 aliphatic carbocycles. The molecule has 0 spiro atoms. The van der Waals surface area contributed by atoms with Crippen LogP contribution in [-0.2, 0) is 0 Å². The van der Waals surface area contributed by atoms with Crippen LogP contribution in [0.4, 0.5) is 11.6 Å². The second kappa shape index (κ2) is 2.04. The average molecular weight is 162 g/mol. The Hall–Kier alpha value is -1.91. The van der Waals surface area contributed by atoms with Crippen LogP contribution < -0.4 is 11.3 Å². The molecule has 0 aromatic carbocycles. The highest BCUT2D eigenvalue weighted by Gasteiger charge is 2.15. The Morgan fingerprint density at radius 2 is 2.33 bits per heavy atom. The molecule has 0 unspecified atom stereocenters. The van der Waals surface area contributed by atoms with E-state index in [9.17, 15) is 4.79 Å². The van der Waals surface area contributed by atoms with Gasteiger partial charge in [-0.2, -0.15) is 0 Å². The van der Waals surface area contributed by atoms with Gasteiger partial charge in [-0.15, -0.1) is 0 Å². The number of aromatic nitrogens is 2. The van der Waals surface area contributed by atoms with Gasteiger partial charge >= 0.3 is 0 Å². The van der Waals surface area contributed by atoms with Gasteiger partial charge in [0.25, 0.3) is 5.56 Å². The summed E-state index contributed by atoms with van der Waals surface area (Å²) in [5.74, 6) is 0.0883. The maximum Gasteiger partial charge on any atom is 0.278 e. The van der Waals surface area contributed by atoms with E-state index in [4.69, 9.17) is 5.73 Å². The Bertz CT molecular complexity index is 443. The van der Waals surface area contributed by atoms with Crippen LogP contribution in [0.5, 0.6) is 0 Å². The van der Waals surface area contributed by atoms with Gasteiger partial charge in [-0.3, -0.25) is 9.78 Å². The third kappa shape index (κ3) is 0.763. The van der Waals surface area contributed by atoms with Gasteiger partial charge in [-0.1, -0.05) is 6.58 Å². The van der Waals surface area contributed by atoms with Crippen LogP contribution >= 0.6 is 0 Å². The number of hydrogen-bond donors (Lipinski definition) is 2. The number of hydrogen-bond acceptors (Lipinski definition) is 4. The van der Waals surface area contributed by atoms with E-state index >= 15 is 0 Å². The van der Waals surface area contributed by atoms with E-state index in [1.165, 1.54) is 6.21 Å². The van der Waals surface area contributed by atoms with E-state index in [-0.39, 0.29) is 17.2 Å². The van der Waals surface area contributed by atoms with Gasteiger partial charge in [-0.25, -0.2) is 9.98 Å². The van der Waals surface area contributed by atoms with Gasteiger partial charge in [0.05, 0.1) is 0 Å². The van der Waals surface area contributed by atoms with Gasteiger partial charge < -0.3 is 5.73 Å². The Labute approximate surface area is 67.7 Å². The Morgan fingerprint density at radius 1 is 1.58 bits per heavy atom. The normalized spacial score (nSPS) is 13.5. The van der Waals surface area contributed by atoms with Crippen LogP contribution in [0.3, 0.4) is 0 Å². The zero-order valence-electron chi connectivity index (χ0n) is 6.16. The quantitative estimate of drug-likeness (QED) is 0.566. The summed E-state index contributed by atoms with van der Waals surface area (Å²) in [5.41, 5.74) is 6.37. The molecule has 0 atom stereocenters. The zero-order chi connectivity index (χ0) is 8.72. The molecule has 1 aliphatic heterocycles. The van der Waals surface area contributed by atoms with Crippen molar-refractivity contribution >= 4 is 23.4 Å². The Kier molecular flexibility index (Phi) is 1.15. The fourth-order valence-electron chi connectivity index (χ4n) is 1.03. The standard InChI is InChI=1S/C7H6N4O/c1-3-2-9-5-4(3)10-7(8)11-6(5)12/h2H,1H2,(H3,8,10,11,12). The van der Waals surface area contributed by atoms with E-state index < -0.39 is 0 Å². The van der Waals surface area contributed by atoms with Crippen molar-refractivity contribution in [1.82, 2.24) is 9.97 Å². The highest BCUT2D eigenvalue weighted by Crippen LogP contribution is 2.24. The van der Waals surface area contributed by atoms with Crippen LogP contribution in [0.25, 0.3) is 5.57 Å². The smallest absolute Gasteiger partial charge is 0.278 e. The van der Waals surface area contributed by atoms with E-state index in [2.05, 4.69) is 21.5 Å². The largest absolute Gasteiger partial charge is 0.369 e. The summed E-state index contributed by atoms with van der Waals surface area (Å²) in [6, 6.07) is 0. The maximum atomic E-state index is 11.1. The van der Waals surface area contributed by atoms with Crippen molar-refractivity contribution in [3.63, 3.8) is 0 Å². The van der Waals surface area contributed by atoms with Crippen LogP contribution in [-0.4, -0.2) is 16.2 Å². The van der Waals surface area contributed by atoms with Crippen molar-refractivity contribution in [3.05, 3.63) is 22.6 Å².